The van der Waals surface area contributed by atoms with Gasteiger partial charge in [0.15, 0.2) is 5.96 Å². The summed E-state index contributed by atoms with van der Waals surface area (Å²) in [5.74, 6) is 1.43. The first kappa shape index (κ1) is 24.7. The number of guanidine groups is 1. The van der Waals surface area contributed by atoms with E-state index in [0.717, 1.165) is 64.1 Å². The number of hydrogen-bond acceptors (Lipinski definition) is 3. The number of rotatable bonds is 5. The lowest BCUT2D eigenvalue weighted by molar-refractivity contribution is -0.135. The van der Waals surface area contributed by atoms with Gasteiger partial charge in [0.25, 0.3) is 0 Å². The number of halogens is 1. The zero-order valence-electron chi connectivity index (χ0n) is 18.3. The van der Waals surface area contributed by atoms with Gasteiger partial charge < -0.3 is 20.6 Å². The second kappa shape index (κ2) is 11.7. The van der Waals surface area contributed by atoms with E-state index in [9.17, 15) is 9.90 Å². The molecule has 1 aliphatic heterocycles. The van der Waals surface area contributed by atoms with Gasteiger partial charge in [0.1, 0.15) is 0 Å². The van der Waals surface area contributed by atoms with Crippen molar-refractivity contribution in [2.45, 2.75) is 90.2 Å². The first-order valence-corrected chi connectivity index (χ1v) is 11.5. The number of amides is 1. The standard InChI is InChI=1S/C22H40N4O2.HI/c1-3-23-21(24-16-22(2)13-8-7-11-19(22)27)25-18-12-14-26(15-18)20(28)17-9-5-4-6-10-17;/h17-19,27H,3-16H2,1-2H3,(H2,23,24,25);1H. The van der Waals surface area contributed by atoms with Gasteiger partial charge >= 0.3 is 0 Å². The number of aliphatic hydroxyl groups excluding tert-OH is 1. The summed E-state index contributed by atoms with van der Waals surface area (Å²) in [5, 5.41) is 17.3. The van der Waals surface area contributed by atoms with Crippen molar-refractivity contribution in [1.82, 2.24) is 15.5 Å². The van der Waals surface area contributed by atoms with Crippen LogP contribution >= 0.6 is 24.0 Å². The Hall–Kier alpha value is -0.570. The Labute approximate surface area is 193 Å². The minimum absolute atomic E-state index is 0. The topological polar surface area (TPSA) is 77.0 Å². The van der Waals surface area contributed by atoms with Crippen LogP contribution in [0.3, 0.4) is 0 Å². The van der Waals surface area contributed by atoms with Crippen LogP contribution in [0.2, 0.25) is 0 Å². The summed E-state index contributed by atoms with van der Waals surface area (Å²) in [5.41, 5.74) is -0.126. The minimum Gasteiger partial charge on any atom is -0.392 e. The fourth-order valence-electron chi connectivity index (χ4n) is 5.03. The zero-order chi connectivity index (χ0) is 20.0. The normalized spacial score (nSPS) is 31.3. The average Bonchev–Trinajstić information content (AvgIpc) is 3.17. The Bertz CT molecular complexity index is 553. The van der Waals surface area contributed by atoms with Gasteiger partial charge in [-0.05, 0) is 39.0 Å². The average molecular weight is 521 g/mol. The van der Waals surface area contributed by atoms with E-state index in [4.69, 9.17) is 4.99 Å². The van der Waals surface area contributed by atoms with Gasteiger partial charge in [0.2, 0.25) is 5.91 Å². The van der Waals surface area contributed by atoms with Gasteiger partial charge in [-0.15, -0.1) is 24.0 Å². The molecule has 3 fully saturated rings. The Morgan fingerprint density at radius 3 is 2.55 bits per heavy atom. The molecule has 7 heteroatoms. The maximum Gasteiger partial charge on any atom is 0.225 e. The quantitative estimate of drug-likeness (QED) is 0.296. The Kier molecular flexibility index (Phi) is 9.98. The molecule has 0 aromatic carbocycles. The van der Waals surface area contributed by atoms with Crippen molar-refractivity contribution in [2.24, 2.45) is 16.3 Å². The lowest BCUT2D eigenvalue weighted by Crippen LogP contribution is -2.46. The molecule has 3 N–H and O–H groups in total. The number of carbonyl (C=O) groups excluding carboxylic acids is 1. The van der Waals surface area contributed by atoms with Gasteiger partial charge in [0, 0.05) is 37.0 Å². The van der Waals surface area contributed by atoms with Crippen molar-refractivity contribution in [3.05, 3.63) is 0 Å². The van der Waals surface area contributed by atoms with E-state index in [1.807, 2.05) is 0 Å². The van der Waals surface area contributed by atoms with E-state index in [1.54, 1.807) is 0 Å². The highest BCUT2D eigenvalue weighted by atomic mass is 127. The highest BCUT2D eigenvalue weighted by Crippen LogP contribution is 2.36. The summed E-state index contributed by atoms with van der Waals surface area (Å²) in [6.45, 7) is 7.30. The van der Waals surface area contributed by atoms with Gasteiger partial charge in [0.05, 0.1) is 12.6 Å². The van der Waals surface area contributed by atoms with Crippen molar-refractivity contribution >= 4 is 35.8 Å². The predicted octanol–water partition coefficient (Wildman–Crippen LogP) is 3.28. The Morgan fingerprint density at radius 1 is 1.14 bits per heavy atom. The fourth-order valence-corrected chi connectivity index (χ4v) is 5.03. The molecular formula is C22H41IN4O2. The van der Waals surface area contributed by atoms with Crippen LogP contribution in [-0.2, 0) is 4.79 Å². The maximum atomic E-state index is 12.8. The lowest BCUT2D eigenvalue weighted by atomic mass is 9.73. The van der Waals surface area contributed by atoms with Crippen molar-refractivity contribution in [3.63, 3.8) is 0 Å². The molecule has 0 radical (unpaired) electrons. The second-order valence-electron chi connectivity index (χ2n) is 9.36. The van der Waals surface area contributed by atoms with Crippen LogP contribution in [0.1, 0.15) is 78.1 Å². The Morgan fingerprint density at radius 2 is 1.86 bits per heavy atom. The van der Waals surface area contributed by atoms with Crippen molar-refractivity contribution in [1.29, 1.82) is 0 Å². The summed E-state index contributed by atoms with van der Waals surface area (Å²) in [7, 11) is 0. The summed E-state index contributed by atoms with van der Waals surface area (Å²) >= 11 is 0. The number of nitrogens with one attached hydrogen (secondary N) is 2. The second-order valence-corrected chi connectivity index (χ2v) is 9.36. The smallest absolute Gasteiger partial charge is 0.225 e. The van der Waals surface area contributed by atoms with Crippen LogP contribution in [0.15, 0.2) is 4.99 Å². The van der Waals surface area contributed by atoms with E-state index in [1.165, 1.54) is 25.7 Å². The molecule has 2 aliphatic carbocycles. The largest absolute Gasteiger partial charge is 0.392 e. The third-order valence-electron chi connectivity index (χ3n) is 7.02. The molecule has 3 aliphatic rings. The maximum absolute atomic E-state index is 12.8. The summed E-state index contributed by atoms with van der Waals surface area (Å²) in [6.07, 6.45) is 10.7. The summed E-state index contributed by atoms with van der Waals surface area (Å²) in [6, 6.07) is 0.259. The summed E-state index contributed by atoms with van der Waals surface area (Å²) < 4.78 is 0. The van der Waals surface area contributed by atoms with Crippen LogP contribution in [0.25, 0.3) is 0 Å². The molecule has 3 atom stereocenters. The molecule has 0 spiro atoms. The van der Waals surface area contributed by atoms with Crippen LogP contribution in [0, 0.1) is 11.3 Å². The molecule has 0 aromatic heterocycles. The summed E-state index contributed by atoms with van der Waals surface area (Å²) in [4.78, 5) is 19.7. The van der Waals surface area contributed by atoms with E-state index in [2.05, 4.69) is 29.4 Å². The van der Waals surface area contributed by atoms with Crippen molar-refractivity contribution in [2.75, 3.05) is 26.2 Å². The number of nitrogens with zero attached hydrogens (tertiary/aromatic N) is 2. The molecule has 29 heavy (non-hydrogen) atoms. The van der Waals surface area contributed by atoms with E-state index < -0.39 is 0 Å². The molecule has 1 amide bonds. The van der Waals surface area contributed by atoms with E-state index in [0.29, 0.717) is 12.5 Å². The SMILES string of the molecule is CCNC(=NCC1(C)CCCCC1O)NC1CCN(C(=O)C2CCCCC2)C1.I. The monoisotopic (exact) mass is 520 g/mol. The molecule has 2 saturated carbocycles. The molecule has 6 nitrogen and oxygen atoms in total. The molecule has 168 valence electrons. The van der Waals surface area contributed by atoms with E-state index in [-0.39, 0.29) is 47.5 Å². The number of hydrogen-bond donors (Lipinski definition) is 3. The molecule has 1 saturated heterocycles. The number of aliphatic hydroxyl groups is 1. The van der Waals surface area contributed by atoms with Gasteiger partial charge in [-0.2, -0.15) is 0 Å². The molecule has 1 heterocycles. The van der Waals surface area contributed by atoms with Crippen molar-refractivity contribution < 1.29 is 9.90 Å². The number of carbonyl (C=O) groups is 1. The van der Waals surface area contributed by atoms with Gasteiger partial charge in [-0.1, -0.05) is 39.0 Å². The molecule has 3 rings (SSSR count). The highest BCUT2D eigenvalue weighted by molar-refractivity contribution is 14.0. The predicted molar refractivity (Wildman–Crippen MR) is 129 cm³/mol. The van der Waals surface area contributed by atoms with Gasteiger partial charge in [-0.3, -0.25) is 9.79 Å². The van der Waals surface area contributed by atoms with Crippen LogP contribution in [-0.4, -0.2) is 60.2 Å². The zero-order valence-corrected chi connectivity index (χ0v) is 20.6. The van der Waals surface area contributed by atoms with Gasteiger partial charge in [-0.25, -0.2) is 0 Å². The van der Waals surface area contributed by atoms with Crippen LogP contribution in [0.5, 0.6) is 0 Å². The minimum atomic E-state index is -0.261. The first-order valence-electron chi connectivity index (χ1n) is 11.5. The Balaban J connectivity index is 0.00000300. The fraction of sp³-hybridized carbons (Fsp3) is 0.909. The van der Waals surface area contributed by atoms with Crippen LogP contribution < -0.4 is 10.6 Å². The molecular weight excluding hydrogens is 479 g/mol. The number of aliphatic imine (C=N–C) groups is 1. The molecule has 0 aromatic rings. The molecule has 3 unspecified atom stereocenters. The third-order valence-corrected chi connectivity index (χ3v) is 7.02. The lowest BCUT2D eigenvalue weighted by Gasteiger charge is -2.37. The van der Waals surface area contributed by atoms with Crippen molar-refractivity contribution in [3.8, 4) is 0 Å². The van der Waals surface area contributed by atoms with E-state index >= 15 is 0 Å². The van der Waals surface area contributed by atoms with Crippen LogP contribution in [0.4, 0.5) is 0 Å². The third kappa shape index (κ3) is 6.71. The highest BCUT2D eigenvalue weighted by Gasteiger charge is 2.36. The number of likely N-dealkylation sites (tertiary alicyclic amines) is 1. The first-order chi connectivity index (χ1) is 13.5. The molecule has 0 bridgehead atoms.